The monoisotopic (exact) mass is 420 g/mol. The summed E-state index contributed by atoms with van der Waals surface area (Å²) in [4.78, 5) is 53.6. The summed E-state index contributed by atoms with van der Waals surface area (Å²) in [5.74, 6) is -4.60. The Bertz CT molecular complexity index is 980. The molecule has 4 rings (SSSR count). The minimum absolute atomic E-state index is 0.271. The van der Waals surface area contributed by atoms with Crippen LogP contribution in [0.15, 0.2) is 48.5 Å². The van der Waals surface area contributed by atoms with Crippen molar-refractivity contribution in [2.45, 2.75) is 26.7 Å². The van der Waals surface area contributed by atoms with Gasteiger partial charge in [-0.15, -0.1) is 0 Å². The van der Waals surface area contributed by atoms with Crippen molar-refractivity contribution in [1.29, 1.82) is 0 Å². The van der Waals surface area contributed by atoms with Crippen LogP contribution in [-0.4, -0.2) is 36.8 Å². The Morgan fingerprint density at radius 2 is 1.19 bits per heavy atom. The second-order valence-corrected chi connectivity index (χ2v) is 8.08. The molecule has 0 bridgehead atoms. The number of nitrogens with zero attached hydrogens (tertiary/aromatic N) is 2. The molecule has 160 valence electrons. The van der Waals surface area contributed by atoms with Gasteiger partial charge in [-0.1, -0.05) is 24.3 Å². The highest BCUT2D eigenvalue weighted by Crippen LogP contribution is 2.29. The number of ether oxygens (including phenoxy) is 1. The van der Waals surface area contributed by atoms with Gasteiger partial charge >= 0.3 is 11.9 Å². The van der Waals surface area contributed by atoms with Gasteiger partial charge in [-0.05, 0) is 62.1 Å². The van der Waals surface area contributed by atoms with Crippen LogP contribution in [0.4, 0.5) is 11.4 Å². The molecule has 2 aliphatic rings. The zero-order chi connectivity index (χ0) is 22.1. The first-order valence-corrected chi connectivity index (χ1v) is 10.4. The average Bonchev–Trinajstić information content (AvgIpc) is 3.30. The summed E-state index contributed by atoms with van der Waals surface area (Å²) in [6, 6.07) is 14.9. The molecule has 2 heterocycles. The van der Waals surface area contributed by atoms with Gasteiger partial charge in [0.1, 0.15) is 11.8 Å². The summed E-state index contributed by atoms with van der Waals surface area (Å²) >= 11 is 0. The summed E-state index contributed by atoms with van der Waals surface area (Å²) < 4.78 is 5.00. The minimum atomic E-state index is -1.03. The summed E-state index contributed by atoms with van der Waals surface area (Å²) in [5.41, 5.74) is 3.44. The van der Waals surface area contributed by atoms with E-state index in [0.717, 1.165) is 11.1 Å². The molecule has 2 atom stereocenters. The molecule has 0 radical (unpaired) electrons. The lowest BCUT2D eigenvalue weighted by atomic mass is 10.1. The maximum atomic E-state index is 12.7. The topological polar surface area (TPSA) is 84.0 Å². The Kier molecular flexibility index (Phi) is 5.59. The van der Waals surface area contributed by atoms with E-state index in [2.05, 4.69) is 0 Å². The summed E-state index contributed by atoms with van der Waals surface area (Å²) in [7, 11) is 0. The van der Waals surface area contributed by atoms with Crippen LogP contribution in [0.2, 0.25) is 0 Å². The van der Waals surface area contributed by atoms with Gasteiger partial charge in [-0.2, -0.15) is 0 Å². The highest BCUT2D eigenvalue weighted by Gasteiger charge is 2.43. The maximum absolute atomic E-state index is 12.7. The maximum Gasteiger partial charge on any atom is 0.326 e. The highest BCUT2D eigenvalue weighted by molar-refractivity contribution is 6.13. The van der Waals surface area contributed by atoms with Gasteiger partial charge in [0, 0.05) is 24.5 Å². The second kappa shape index (κ2) is 8.34. The summed E-state index contributed by atoms with van der Waals surface area (Å²) in [6.07, 6.45) is 0.542. The van der Waals surface area contributed by atoms with E-state index in [4.69, 9.17) is 4.74 Å². The van der Waals surface area contributed by atoms with E-state index < -0.39 is 23.8 Å². The molecule has 7 heteroatoms. The molecule has 2 fully saturated rings. The second-order valence-electron chi connectivity index (χ2n) is 8.08. The smallest absolute Gasteiger partial charge is 0.326 e. The van der Waals surface area contributed by atoms with Crippen molar-refractivity contribution in [2.75, 3.05) is 22.9 Å². The molecule has 0 spiro atoms. The average molecular weight is 420 g/mol. The van der Waals surface area contributed by atoms with E-state index in [1.54, 1.807) is 12.1 Å². The number of anilines is 2. The number of amides is 2. The SMILES string of the molecule is Cc1cccc(N2CCC(C(=O)OC(=O)C3CCN(c4cccc(C)c4)C3=O)C2=O)c1. The molecule has 2 aliphatic heterocycles. The molecule has 0 N–H and O–H groups in total. The number of rotatable bonds is 4. The van der Waals surface area contributed by atoms with Crippen LogP contribution >= 0.6 is 0 Å². The van der Waals surface area contributed by atoms with Gasteiger partial charge in [-0.3, -0.25) is 19.2 Å². The van der Waals surface area contributed by atoms with Crippen LogP contribution in [0.1, 0.15) is 24.0 Å². The third kappa shape index (κ3) is 4.08. The molecular formula is C24H24N2O5. The third-order valence-electron chi connectivity index (χ3n) is 5.81. The Hall–Kier alpha value is -3.48. The molecular weight excluding hydrogens is 396 g/mol. The predicted molar refractivity (Wildman–Crippen MR) is 114 cm³/mol. The number of aryl methyl sites for hydroxylation is 2. The largest absolute Gasteiger partial charge is 0.392 e. The van der Waals surface area contributed by atoms with Crippen molar-refractivity contribution in [1.82, 2.24) is 0 Å². The fourth-order valence-corrected chi connectivity index (χ4v) is 4.14. The number of carbonyl (C=O) groups is 4. The molecule has 2 aromatic rings. The van der Waals surface area contributed by atoms with Crippen molar-refractivity contribution in [2.24, 2.45) is 11.8 Å². The van der Waals surface area contributed by atoms with Crippen molar-refractivity contribution in [3.63, 3.8) is 0 Å². The highest BCUT2D eigenvalue weighted by atomic mass is 16.6. The van der Waals surface area contributed by atoms with Crippen LogP contribution < -0.4 is 9.80 Å². The Morgan fingerprint density at radius 1 is 0.774 bits per heavy atom. The van der Waals surface area contributed by atoms with Gasteiger partial charge in [0.05, 0.1) is 0 Å². The summed E-state index contributed by atoms with van der Waals surface area (Å²) in [5, 5.41) is 0. The Balaban J connectivity index is 1.39. The van der Waals surface area contributed by atoms with Crippen LogP contribution in [0.25, 0.3) is 0 Å². The summed E-state index contributed by atoms with van der Waals surface area (Å²) in [6.45, 7) is 4.60. The molecule has 0 saturated carbocycles. The van der Waals surface area contributed by atoms with Crippen molar-refractivity contribution in [3.05, 3.63) is 59.7 Å². The first kappa shape index (κ1) is 20.8. The molecule has 2 amide bonds. The van der Waals surface area contributed by atoms with Gasteiger partial charge in [0.15, 0.2) is 0 Å². The quantitative estimate of drug-likeness (QED) is 0.561. The van der Waals surface area contributed by atoms with Crippen LogP contribution in [0, 0.1) is 25.7 Å². The fraction of sp³-hybridized carbons (Fsp3) is 0.333. The molecule has 31 heavy (non-hydrogen) atoms. The van der Waals surface area contributed by atoms with Crippen molar-refractivity contribution >= 4 is 35.1 Å². The van der Waals surface area contributed by atoms with Crippen LogP contribution in [-0.2, 0) is 23.9 Å². The van der Waals surface area contributed by atoms with Gasteiger partial charge in [0.25, 0.3) is 0 Å². The number of hydrogen-bond donors (Lipinski definition) is 0. The molecule has 0 aliphatic carbocycles. The van der Waals surface area contributed by atoms with Crippen LogP contribution in [0.3, 0.4) is 0 Å². The first-order valence-electron chi connectivity index (χ1n) is 10.4. The zero-order valence-corrected chi connectivity index (χ0v) is 17.5. The predicted octanol–water partition coefficient (Wildman–Crippen LogP) is 2.78. The first-order chi connectivity index (χ1) is 14.8. The lowest BCUT2D eigenvalue weighted by molar-refractivity contribution is -0.166. The van der Waals surface area contributed by atoms with E-state index >= 15 is 0 Å². The van der Waals surface area contributed by atoms with E-state index in [1.807, 2.05) is 50.2 Å². The van der Waals surface area contributed by atoms with E-state index in [-0.39, 0.29) is 24.7 Å². The van der Waals surface area contributed by atoms with E-state index in [0.29, 0.717) is 24.5 Å². The molecule has 2 unspecified atom stereocenters. The van der Waals surface area contributed by atoms with Crippen molar-refractivity contribution in [3.8, 4) is 0 Å². The molecule has 2 saturated heterocycles. The third-order valence-corrected chi connectivity index (χ3v) is 5.81. The number of carbonyl (C=O) groups excluding carboxylic acids is 4. The van der Waals surface area contributed by atoms with Crippen LogP contribution in [0.5, 0.6) is 0 Å². The van der Waals surface area contributed by atoms with Gasteiger partial charge < -0.3 is 14.5 Å². The minimum Gasteiger partial charge on any atom is -0.392 e. The normalized spacial score (nSPS) is 21.0. The fourth-order valence-electron chi connectivity index (χ4n) is 4.14. The molecule has 2 aromatic carbocycles. The van der Waals surface area contributed by atoms with Crippen molar-refractivity contribution < 1.29 is 23.9 Å². The number of benzene rings is 2. The lowest BCUT2D eigenvalue weighted by Gasteiger charge is -2.18. The van der Waals surface area contributed by atoms with E-state index in [1.165, 1.54) is 9.80 Å². The molecule has 0 aromatic heterocycles. The Morgan fingerprint density at radius 3 is 1.58 bits per heavy atom. The van der Waals surface area contributed by atoms with Gasteiger partial charge in [-0.25, -0.2) is 0 Å². The van der Waals surface area contributed by atoms with E-state index in [9.17, 15) is 19.2 Å². The Labute approximate surface area is 180 Å². The van der Waals surface area contributed by atoms with Gasteiger partial charge in [0.2, 0.25) is 11.8 Å². The number of esters is 2. The lowest BCUT2D eigenvalue weighted by Crippen LogP contribution is -2.35. The zero-order valence-electron chi connectivity index (χ0n) is 17.5. The number of hydrogen-bond acceptors (Lipinski definition) is 5. The molecule has 7 nitrogen and oxygen atoms in total. The standard InChI is InChI=1S/C24H24N2O5/c1-15-5-3-7-17(13-15)25-11-9-19(21(25)27)23(29)31-24(30)20-10-12-26(22(20)28)18-8-4-6-16(2)14-18/h3-8,13-14,19-20H,9-12H2,1-2H3.